The molecule has 0 unspecified atom stereocenters. The molecule has 1 aromatic heterocycles. The highest BCUT2D eigenvalue weighted by Crippen LogP contribution is 2.39. The lowest BCUT2D eigenvalue weighted by Crippen LogP contribution is -2.40. The first-order valence-electron chi connectivity index (χ1n) is 7.21. The van der Waals surface area contributed by atoms with Crippen LogP contribution < -0.4 is 0 Å². The van der Waals surface area contributed by atoms with E-state index >= 15 is 0 Å². The van der Waals surface area contributed by atoms with E-state index in [1.807, 2.05) is 0 Å². The Morgan fingerprint density at radius 3 is 2.50 bits per heavy atom. The van der Waals surface area contributed by atoms with Gasteiger partial charge in [-0.1, -0.05) is 19.0 Å². The first-order valence-corrected chi connectivity index (χ1v) is 7.21. The van der Waals surface area contributed by atoms with Crippen LogP contribution in [-0.2, 0) is 0 Å². The molecule has 1 aromatic rings. The van der Waals surface area contributed by atoms with E-state index < -0.39 is 0 Å². The van der Waals surface area contributed by atoms with E-state index in [0.29, 0.717) is 5.92 Å². The van der Waals surface area contributed by atoms with Crippen molar-refractivity contribution in [2.24, 2.45) is 11.8 Å². The number of hydrogen-bond donors (Lipinski definition) is 0. The summed E-state index contributed by atoms with van der Waals surface area (Å²) in [6, 6.07) is 0.259. The molecule has 2 heterocycles. The lowest BCUT2D eigenvalue weighted by molar-refractivity contribution is 0.0866. The van der Waals surface area contributed by atoms with Gasteiger partial charge in [0.25, 0.3) is 0 Å². The second-order valence-electron chi connectivity index (χ2n) is 6.34. The zero-order chi connectivity index (χ0) is 12.7. The van der Waals surface area contributed by atoms with Crippen LogP contribution >= 0.6 is 0 Å². The fraction of sp³-hybridized carbons (Fsp3) is 0.857. The third-order valence-electron chi connectivity index (χ3n) is 4.20. The average Bonchev–Trinajstić information content (AvgIpc) is 3.05. The lowest BCUT2D eigenvalue weighted by atomic mass is 9.91. The molecule has 0 radical (unpaired) electrons. The SMILES string of the molecule is C[C@@H]1C[C@@H](C)CN([C@H](C)c2nc(C3CC3)no2)C1. The maximum absolute atomic E-state index is 5.45. The van der Waals surface area contributed by atoms with Crippen LogP contribution in [0.2, 0.25) is 0 Å². The Morgan fingerprint density at radius 2 is 1.89 bits per heavy atom. The summed E-state index contributed by atoms with van der Waals surface area (Å²) < 4.78 is 5.45. The van der Waals surface area contributed by atoms with Gasteiger partial charge in [0.05, 0.1) is 6.04 Å². The number of hydrogen-bond acceptors (Lipinski definition) is 4. The van der Waals surface area contributed by atoms with Gasteiger partial charge in [0.1, 0.15) is 0 Å². The van der Waals surface area contributed by atoms with Crippen molar-refractivity contribution in [2.45, 2.75) is 52.0 Å². The Kier molecular flexibility index (Phi) is 3.14. The Balaban J connectivity index is 1.69. The molecule has 1 aliphatic carbocycles. The van der Waals surface area contributed by atoms with Crippen LogP contribution in [0.3, 0.4) is 0 Å². The smallest absolute Gasteiger partial charge is 0.243 e. The summed E-state index contributed by atoms with van der Waals surface area (Å²) in [6.07, 6.45) is 3.79. The standard InChI is InChI=1S/C14H23N3O/c1-9-6-10(2)8-17(7-9)11(3)14-15-13(16-18-14)12-4-5-12/h9-12H,4-8H2,1-3H3/t9-,10-,11-/m1/s1. The van der Waals surface area contributed by atoms with Crippen molar-refractivity contribution in [2.75, 3.05) is 13.1 Å². The Bertz CT molecular complexity index is 403. The summed E-state index contributed by atoms with van der Waals surface area (Å²) in [6.45, 7) is 9.14. The van der Waals surface area contributed by atoms with E-state index in [2.05, 4.69) is 35.8 Å². The molecule has 100 valence electrons. The van der Waals surface area contributed by atoms with Gasteiger partial charge in [-0.25, -0.2) is 0 Å². The van der Waals surface area contributed by atoms with E-state index in [0.717, 1.165) is 36.6 Å². The average molecular weight is 249 g/mol. The third-order valence-corrected chi connectivity index (χ3v) is 4.20. The zero-order valence-corrected chi connectivity index (χ0v) is 11.6. The van der Waals surface area contributed by atoms with Crippen LogP contribution in [-0.4, -0.2) is 28.1 Å². The predicted octanol–water partition coefficient (Wildman–Crippen LogP) is 2.99. The van der Waals surface area contributed by atoms with Crippen LogP contribution in [0.25, 0.3) is 0 Å². The van der Waals surface area contributed by atoms with E-state index in [-0.39, 0.29) is 6.04 Å². The van der Waals surface area contributed by atoms with Gasteiger partial charge in [-0.15, -0.1) is 0 Å². The summed E-state index contributed by atoms with van der Waals surface area (Å²) in [4.78, 5) is 7.07. The molecule has 1 aliphatic heterocycles. The van der Waals surface area contributed by atoms with Gasteiger partial charge in [0, 0.05) is 19.0 Å². The van der Waals surface area contributed by atoms with Crippen molar-refractivity contribution in [1.29, 1.82) is 0 Å². The maximum Gasteiger partial charge on any atom is 0.243 e. The van der Waals surface area contributed by atoms with Crippen molar-refractivity contribution in [3.8, 4) is 0 Å². The van der Waals surface area contributed by atoms with E-state index in [1.54, 1.807) is 0 Å². The first-order chi connectivity index (χ1) is 8.63. The van der Waals surface area contributed by atoms with Crippen molar-refractivity contribution in [3.63, 3.8) is 0 Å². The Morgan fingerprint density at radius 1 is 1.22 bits per heavy atom. The Labute approximate surface area is 109 Å². The summed E-state index contributed by atoms with van der Waals surface area (Å²) >= 11 is 0. The Hall–Kier alpha value is -0.900. The highest BCUT2D eigenvalue weighted by molar-refractivity contribution is 5.05. The summed E-state index contributed by atoms with van der Waals surface area (Å²) in [5, 5.41) is 4.12. The van der Waals surface area contributed by atoms with Crippen molar-refractivity contribution < 1.29 is 4.52 Å². The molecule has 3 atom stereocenters. The van der Waals surface area contributed by atoms with Crippen LogP contribution in [0.4, 0.5) is 0 Å². The minimum absolute atomic E-state index is 0.259. The first kappa shape index (κ1) is 12.2. The van der Waals surface area contributed by atoms with Crippen LogP contribution in [0.5, 0.6) is 0 Å². The monoisotopic (exact) mass is 249 g/mol. The van der Waals surface area contributed by atoms with Gasteiger partial charge >= 0.3 is 0 Å². The normalized spacial score (nSPS) is 31.5. The second-order valence-corrected chi connectivity index (χ2v) is 6.34. The zero-order valence-electron chi connectivity index (χ0n) is 11.6. The van der Waals surface area contributed by atoms with Gasteiger partial charge in [-0.05, 0) is 38.0 Å². The fourth-order valence-electron chi connectivity index (χ4n) is 3.11. The van der Waals surface area contributed by atoms with Crippen LogP contribution in [0, 0.1) is 11.8 Å². The van der Waals surface area contributed by atoms with E-state index in [9.17, 15) is 0 Å². The number of nitrogens with zero attached hydrogens (tertiary/aromatic N) is 3. The van der Waals surface area contributed by atoms with Gasteiger partial charge in [0.2, 0.25) is 5.89 Å². The highest BCUT2D eigenvalue weighted by Gasteiger charge is 2.32. The number of likely N-dealkylation sites (tertiary alicyclic amines) is 1. The summed E-state index contributed by atoms with van der Waals surface area (Å²) in [5.74, 6) is 3.84. The molecular formula is C14H23N3O. The fourth-order valence-corrected chi connectivity index (χ4v) is 3.11. The molecule has 4 nitrogen and oxygen atoms in total. The minimum atomic E-state index is 0.259. The molecule has 18 heavy (non-hydrogen) atoms. The quantitative estimate of drug-likeness (QED) is 0.826. The lowest BCUT2D eigenvalue weighted by Gasteiger charge is -2.37. The molecule has 4 heteroatoms. The molecule has 2 fully saturated rings. The summed E-state index contributed by atoms with van der Waals surface area (Å²) in [5.41, 5.74) is 0. The molecule has 0 N–H and O–H groups in total. The third kappa shape index (κ3) is 2.44. The topological polar surface area (TPSA) is 42.2 Å². The highest BCUT2D eigenvalue weighted by atomic mass is 16.5. The molecule has 0 spiro atoms. The minimum Gasteiger partial charge on any atom is -0.338 e. The van der Waals surface area contributed by atoms with Crippen molar-refractivity contribution in [3.05, 3.63) is 11.7 Å². The van der Waals surface area contributed by atoms with Crippen molar-refractivity contribution in [1.82, 2.24) is 15.0 Å². The second kappa shape index (κ2) is 4.65. The van der Waals surface area contributed by atoms with Gasteiger partial charge < -0.3 is 4.52 Å². The van der Waals surface area contributed by atoms with Gasteiger partial charge in [0.15, 0.2) is 5.82 Å². The van der Waals surface area contributed by atoms with Crippen molar-refractivity contribution >= 4 is 0 Å². The van der Waals surface area contributed by atoms with Gasteiger partial charge in [-0.3, -0.25) is 4.90 Å². The van der Waals surface area contributed by atoms with E-state index in [4.69, 9.17) is 4.52 Å². The maximum atomic E-state index is 5.45. The molecule has 0 aromatic carbocycles. The molecule has 2 aliphatic rings. The molecule has 0 bridgehead atoms. The summed E-state index contributed by atoms with van der Waals surface area (Å²) in [7, 11) is 0. The molecule has 0 amide bonds. The molecule has 3 rings (SSSR count). The van der Waals surface area contributed by atoms with Gasteiger partial charge in [-0.2, -0.15) is 4.98 Å². The number of aromatic nitrogens is 2. The molecule has 1 saturated carbocycles. The number of piperidine rings is 1. The van der Waals surface area contributed by atoms with Crippen LogP contribution in [0.1, 0.15) is 63.7 Å². The predicted molar refractivity (Wildman–Crippen MR) is 69.2 cm³/mol. The van der Waals surface area contributed by atoms with E-state index in [1.165, 1.54) is 19.3 Å². The molecular weight excluding hydrogens is 226 g/mol. The number of rotatable bonds is 3. The van der Waals surface area contributed by atoms with Crippen LogP contribution in [0.15, 0.2) is 4.52 Å². The molecule has 1 saturated heterocycles. The largest absolute Gasteiger partial charge is 0.338 e.